The molecule has 4 heterocycles. The standard InChI is InChI=1S/C19H21N5O6S.C10H19NO2/c1-19(2,3)29-18(27)23(4)11-9-12(20-10-7-6-8-24(31)16(10)25)21-14-13(11)22-30-15(14)17(26)28-5;1-10(2,3)13-9(12)11-7-5-4-6-8-11/h6-9,31H,1-5H3,(H,20,21);4-8H2,1-3H3. The van der Waals surface area contributed by atoms with Crippen LogP contribution in [0.3, 0.4) is 0 Å². The predicted molar refractivity (Wildman–Crippen MR) is 168 cm³/mol. The Balaban J connectivity index is 0.000000340. The van der Waals surface area contributed by atoms with Gasteiger partial charge in [-0.05, 0) is 72.9 Å². The number of carbonyl (C=O) groups is 3. The molecule has 1 N–H and O–H groups in total. The van der Waals surface area contributed by atoms with Crippen LogP contribution in [-0.4, -0.2) is 75.6 Å². The molecule has 14 nitrogen and oxygen atoms in total. The zero-order valence-corrected chi connectivity index (χ0v) is 27.2. The summed E-state index contributed by atoms with van der Waals surface area (Å²) < 4.78 is 21.6. The highest BCUT2D eigenvalue weighted by atomic mass is 32.1. The lowest BCUT2D eigenvalue weighted by molar-refractivity contribution is 0.0215. The van der Waals surface area contributed by atoms with Crippen LogP contribution in [0.4, 0.5) is 26.8 Å². The highest BCUT2D eigenvalue weighted by Gasteiger charge is 2.28. The molecular formula is C29H40N6O8S. The lowest BCUT2D eigenvalue weighted by Crippen LogP contribution is -2.39. The van der Waals surface area contributed by atoms with Crippen LogP contribution in [0.5, 0.6) is 0 Å². The number of amides is 2. The maximum Gasteiger partial charge on any atom is 0.414 e. The molecule has 1 fully saturated rings. The molecule has 0 saturated carbocycles. The number of fused-ring (bicyclic) bond motifs is 1. The van der Waals surface area contributed by atoms with E-state index in [1.165, 1.54) is 43.8 Å². The van der Waals surface area contributed by atoms with Crippen LogP contribution in [0, 0.1) is 0 Å². The SMILES string of the molecule is CC(C)(C)OC(=O)N1CCCCC1.COC(=O)c1onc2c(N(C)C(=O)OC(C)(C)C)cc(Nc3cccn(S)c3=O)nc12. The minimum Gasteiger partial charge on any atom is -0.463 e. The second-order valence-corrected chi connectivity index (χ2v) is 12.4. The number of carbonyl (C=O) groups excluding carboxylic acids is 3. The normalized spacial score (nSPS) is 13.4. The Morgan fingerprint density at radius 1 is 1.02 bits per heavy atom. The number of hydrogen-bond donors (Lipinski definition) is 2. The molecule has 44 heavy (non-hydrogen) atoms. The van der Waals surface area contributed by atoms with Crippen molar-refractivity contribution >= 4 is 59.2 Å². The molecule has 0 spiro atoms. The molecule has 1 saturated heterocycles. The number of thiol groups is 1. The number of nitrogens with zero attached hydrogens (tertiary/aromatic N) is 5. The average molecular weight is 633 g/mol. The zero-order chi connectivity index (χ0) is 32.8. The molecule has 0 bridgehead atoms. The molecule has 0 aromatic carbocycles. The number of piperidine rings is 1. The summed E-state index contributed by atoms with van der Waals surface area (Å²) in [5.41, 5.74) is -0.929. The highest BCUT2D eigenvalue weighted by molar-refractivity contribution is 7.78. The van der Waals surface area contributed by atoms with E-state index >= 15 is 0 Å². The second-order valence-electron chi connectivity index (χ2n) is 12.0. The van der Waals surface area contributed by atoms with E-state index in [0.29, 0.717) is 0 Å². The predicted octanol–water partition coefficient (Wildman–Crippen LogP) is 5.39. The molecule has 0 atom stereocenters. The van der Waals surface area contributed by atoms with Crippen LogP contribution in [0.2, 0.25) is 0 Å². The Morgan fingerprint density at radius 3 is 2.25 bits per heavy atom. The van der Waals surface area contributed by atoms with Gasteiger partial charge in [-0.15, -0.1) is 0 Å². The number of ether oxygens (including phenoxy) is 3. The van der Waals surface area contributed by atoms with Crippen LogP contribution in [-0.2, 0) is 14.2 Å². The van der Waals surface area contributed by atoms with Gasteiger partial charge in [0.15, 0.2) is 5.52 Å². The summed E-state index contributed by atoms with van der Waals surface area (Å²) in [6.45, 7) is 12.6. The van der Waals surface area contributed by atoms with E-state index in [4.69, 9.17) is 18.7 Å². The fourth-order valence-corrected chi connectivity index (χ4v) is 4.19. The minimum atomic E-state index is -0.796. The van der Waals surface area contributed by atoms with Crippen molar-refractivity contribution in [2.24, 2.45) is 0 Å². The fraction of sp³-hybridized carbons (Fsp3) is 0.517. The van der Waals surface area contributed by atoms with Crippen molar-refractivity contribution in [1.82, 2.24) is 19.0 Å². The zero-order valence-electron chi connectivity index (χ0n) is 26.3. The Kier molecular flexibility index (Phi) is 10.9. The topological polar surface area (TPSA) is 158 Å². The van der Waals surface area contributed by atoms with Crippen LogP contribution in [0.15, 0.2) is 33.7 Å². The first-order chi connectivity index (χ1) is 20.5. The molecule has 240 valence electrons. The fourth-order valence-electron chi connectivity index (χ4n) is 4.00. The summed E-state index contributed by atoms with van der Waals surface area (Å²) >= 11 is 4.05. The number of esters is 1. The molecule has 3 aromatic rings. The van der Waals surface area contributed by atoms with Gasteiger partial charge in [0.2, 0.25) is 0 Å². The van der Waals surface area contributed by atoms with E-state index in [0.717, 1.165) is 29.9 Å². The summed E-state index contributed by atoms with van der Waals surface area (Å²) in [5, 5.41) is 6.74. The third-order valence-electron chi connectivity index (χ3n) is 6.01. The third-order valence-corrected chi connectivity index (χ3v) is 6.33. The lowest BCUT2D eigenvalue weighted by atomic mass is 10.1. The van der Waals surface area contributed by atoms with Crippen molar-refractivity contribution < 1.29 is 33.1 Å². The highest BCUT2D eigenvalue weighted by Crippen LogP contribution is 2.31. The maximum absolute atomic E-state index is 12.6. The molecule has 15 heteroatoms. The van der Waals surface area contributed by atoms with E-state index < -0.39 is 23.2 Å². The first kappa shape index (κ1) is 34.2. The number of hydrogen-bond acceptors (Lipinski definition) is 12. The van der Waals surface area contributed by atoms with Crippen LogP contribution < -0.4 is 15.8 Å². The van der Waals surface area contributed by atoms with Crippen molar-refractivity contribution in [1.29, 1.82) is 0 Å². The average Bonchev–Trinajstić information content (AvgIpc) is 3.37. The molecule has 2 amide bonds. The summed E-state index contributed by atoms with van der Waals surface area (Å²) in [6, 6.07) is 4.63. The molecule has 0 radical (unpaired) electrons. The molecule has 3 aromatic heterocycles. The first-order valence-electron chi connectivity index (χ1n) is 14.0. The smallest absolute Gasteiger partial charge is 0.414 e. The first-order valence-corrected chi connectivity index (χ1v) is 14.4. The van der Waals surface area contributed by atoms with Gasteiger partial charge in [0.25, 0.3) is 11.3 Å². The van der Waals surface area contributed by atoms with Gasteiger partial charge in [0, 0.05) is 32.4 Å². The summed E-state index contributed by atoms with van der Waals surface area (Å²) in [7, 11) is 2.66. The number of rotatable bonds is 4. The minimum absolute atomic E-state index is 0.0457. The van der Waals surface area contributed by atoms with Gasteiger partial charge in [-0.3, -0.25) is 13.7 Å². The van der Waals surface area contributed by atoms with Gasteiger partial charge in [0.05, 0.1) is 12.8 Å². The van der Waals surface area contributed by atoms with Crippen molar-refractivity contribution in [2.45, 2.75) is 72.0 Å². The van der Waals surface area contributed by atoms with Crippen molar-refractivity contribution in [2.75, 3.05) is 37.5 Å². The van der Waals surface area contributed by atoms with Gasteiger partial charge in [-0.25, -0.2) is 19.4 Å². The number of nitrogens with one attached hydrogen (secondary N) is 1. The van der Waals surface area contributed by atoms with Gasteiger partial charge in [0.1, 0.15) is 28.2 Å². The van der Waals surface area contributed by atoms with Gasteiger partial charge in [-0.2, -0.15) is 0 Å². The maximum atomic E-state index is 12.6. The molecule has 1 aliphatic heterocycles. The van der Waals surface area contributed by atoms with Crippen LogP contribution >= 0.6 is 12.8 Å². The molecule has 0 unspecified atom stereocenters. The Morgan fingerprint density at radius 2 is 1.66 bits per heavy atom. The van der Waals surface area contributed by atoms with Crippen LogP contribution in [0.1, 0.15) is 71.4 Å². The van der Waals surface area contributed by atoms with E-state index in [1.807, 2.05) is 20.8 Å². The summed E-state index contributed by atoms with van der Waals surface area (Å²) in [5.74, 6) is -0.891. The van der Waals surface area contributed by atoms with Gasteiger partial charge in [-0.1, -0.05) is 18.0 Å². The number of pyridine rings is 2. The summed E-state index contributed by atoms with van der Waals surface area (Å²) in [6.07, 6.45) is 4.11. The second kappa shape index (κ2) is 14.0. The Labute approximate surface area is 261 Å². The van der Waals surface area contributed by atoms with E-state index in [-0.39, 0.29) is 45.7 Å². The van der Waals surface area contributed by atoms with E-state index in [2.05, 4.69) is 28.3 Å². The van der Waals surface area contributed by atoms with Crippen molar-refractivity contribution in [3.8, 4) is 0 Å². The van der Waals surface area contributed by atoms with Gasteiger partial charge < -0.3 is 29.0 Å². The third kappa shape index (κ3) is 9.11. The Bertz CT molecular complexity index is 1550. The van der Waals surface area contributed by atoms with E-state index in [9.17, 15) is 19.2 Å². The molecular weight excluding hydrogens is 592 g/mol. The number of methoxy groups -OCH3 is 1. The summed E-state index contributed by atoms with van der Waals surface area (Å²) in [4.78, 5) is 55.8. The number of aromatic nitrogens is 3. The molecule has 0 aliphatic carbocycles. The van der Waals surface area contributed by atoms with E-state index in [1.54, 1.807) is 31.7 Å². The van der Waals surface area contributed by atoms with Crippen LogP contribution in [0.25, 0.3) is 11.0 Å². The molecule has 1 aliphatic rings. The monoisotopic (exact) mass is 632 g/mol. The lowest BCUT2D eigenvalue weighted by Gasteiger charge is -2.29. The van der Waals surface area contributed by atoms with Gasteiger partial charge >= 0.3 is 18.2 Å². The Hall–Kier alpha value is -4.27. The number of anilines is 3. The van der Waals surface area contributed by atoms with Crippen molar-refractivity contribution in [3.05, 3.63) is 40.5 Å². The quantitative estimate of drug-likeness (QED) is 0.216. The molecule has 4 rings (SSSR count). The largest absolute Gasteiger partial charge is 0.463 e. The number of likely N-dealkylation sites (tertiary alicyclic amines) is 1. The van der Waals surface area contributed by atoms with Crippen molar-refractivity contribution in [3.63, 3.8) is 0 Å².